The monoisotopic (exact) mass is 780 g/mol. The number of quaternary nitrogens is 1. The van der Waals surface area contributed by atoms with Gasteiger partial charge in [-0.05, 0) is 38.0 Å². The van der Waals surface area contributed by atoms with Crippen LogP contribution < -0.4 is 6.15 Å². The zero-order valence-corrected chi connectivity index (χ0v) is 35.4. The summed E-state index contributed by atoms with van der Waals surface area (Å²) in [6, 6.07) is 0. The summed E-state index contributed by atoms with van der Waals surface area (Å²) >= 11 is 0. The maximum absolute atomic E-state index is 12.3. The summed E-state index contributed by atoms with van der Waals surface area (Å²) in [6.07, 6.45) is 32.6. The van der Waals surface area contributed by atoms with Gasteiger partial charge in [0.05, 0.1) is 17.9 Å². The molecule has 0 saturated heterocycles. The highest BCUT2D eigenvalue weighted by molar-refractivity contribution is 7.80. The van der Waals surface area contributed by atoms with Crippen LogP contribution in [0.2, 0.25) is 0 Å². The van der Waals surface area contributed by atoms with Gasteiger partial charge in [0.1, 0.15) is 0 Å². The minimum absolute atomic E-state index is 0. The van der Waals surface area contributed by atoms with E-state index in [0.29, 0.717) is 25.7 Å². The zero-order valence-electron chi connectivity index (χ0n) is 34.6. The van der Waals surface area contributed by atoms with Gasteiger partial charge in [-0.2, -0.15) is 0 Å². The van der Waals surface area contributed by atoms with E-state index in [1.165, 1.54) is 128 Å². The molecule has 0 saturated carbocycles. The molecule has 3 atom stereocenters. The number of carbonyl (C=O) groups is 2. The maximum atomic E-state index is 12.3. The predicted molar refractivity (Wildman–Crippen MR) is 217 cm³/mol. The molecule has 0 heterocycles. The molecule has 0 aliphatic carbocycles. The molecule has 0 aliphatic heterocycles. The van der Waals surface area contributed by atoms with Crippen LogP contribution in [0.25, 0.3) is 0 Å². The van der Waals surface area contributed by atoms with Crippen molar-refractivity contribution < 1.29 is 42.1 Å². The lowest BCUT2D eigenvalue weighted by atomic mass is 9.79. The Bertz CT molecular complexity index is 882. The number of unbranched alkanes of at least 4 members (excludes halogenated alkanes) is 26. The summed E-state index contributed by atoms with van der Waals surface area (Å²) in [7, 11) is -5.14. The van der Waals surface area contributed by atoms with Crippen LogP contribution in [0.4, 0.5) is 0 Å². The van der Waals surface area contributed by atoms with Crippen molar-refractivity contribution in [3.8, 4) is 0 Å². The Hall–Kier alpha value is -1.27. The molecule has 0 spiro atoms. The first-order valence-corrected chi connectivity index (χ1v) is 23.1. The number of aliphatic carboxylic acids is 2. The van der Waals surface area contributed by atoms with Crippen LogP contribution >= 0.6 is 0 Å². The predicted octanol–water partition coefficient (Wildman–Crippen LogP) is 12.1. The molecule has 3 unspecified atom stereocenters. The van der Waals surface area contributed by atoms with E-state index in [-0.39, 0.29) is 25.4 Å². The van der Waals surface area contributed by atoms with Crippen LogP contribution in [0.1, 0.15) is 226 Å². The SMILES string of the molecule is CCCCCCCCCCCCCCCCC(CC(CC(CCCCCCCCCCCCCCCC)C(=O)O)C(CCO)OS(=O)(=O)[O-])C(=O)O.[NH4+]. The van der Waals surface area contributed by atoms with Crippen molar-refractivity contribution in [1.29, 1.82) is 0 Å². The van der Waals surface area contributed by atoms with Gasteiger partial charge in [-0.1, -0.05) is 194 Å². The van der Waals surface area contributed by atoms with Gasteiger partial charge in [-0.15, -0.1) is 0 Å². The lowest BCUT2D eigenvalue weighted by Crippen LogP contribution is -2.34. The Morgan fingerprint density at radius 1 is 0.509 bits per heavy atom. The van der Waals surface area contributed by atoms with Crippen LogP contribution in [0.15, 0.2) is 0 Å². The minimum atomic E-state index is -5.14. The van der Waals surface area contributed by atoms with Crippen LogP contribution in [-0.4, -0.2) is 52.9 Å². The van der Waals surface area contributed by atoms with Gasteiger partial charge in [-0.25, -0.2) is 8.42 Å². The maximum Gasteiger partial charge on any atom is 0.306 e. The van der Waals surface area contributed by atoms with Crippen LogP contribution in [0.5, 0.6) is 0 Å². The van der Waals surface area contributed by atoms with Crippen molar-refractivity contribution in [1.82, 2.24) is 6.15 Å². The molecule has 53 heavy (non-hydrogen) atoms. The fourth-order valence-corrected chi connectivity index (χ4v) is 8.18. The van der Waals surface area contributed by atoms with E-state index in [0.717, 1.165) is 38.5 Å². The number of carboxylic acid groups (broad SMARTS) is 2. The first kappa shape index (κ1) is 53.8. The number of rotatable bonds is 41. The van der Waals surface area contributed by atoms with Gasteiger partial charge in [0.15, 0.2) is 0 Å². The average Bonchev–Trinajstić information content (AvgIpc) is 3.09. The van der Waals surface area contributed by atoms with Crippen molar-refractivity contribution >= 4 is 22.3 Å². The molecule has 0 rings (SSSR count). The van der Waals surface area contributed by atoms with E-state index in [4.69, 9.17) is 4.18 Å². The molecule has 0 aromatic heterocycles. The van der Waals surface area contributed by atoms with Gasteiger partial charge in [-0.3, -0.25) is 13.8 Å². The number of hydrogen-bond donors (Lipinski definition) is 4. The molecule has 0 aromatic carbocycles. The minimum Gasteiger partial charge on any atom is -0.726 e. The number of hydrogen-bond acceptors (Lipinski definition) is 7. The first-order chi connectivity index (χ1) is 25.1. The topological polar surface area (TPSA) is 198 Å². The molecule has 0 fully saturated rings. The van der Waals surface area contributed by atoms with Crippen molar-refractivity contribution in [3.63, 3.8) is 0 Å². The lowest BCUT2D eigenvalue weighted by molar-refractivity contribution is -0.143. The van der Waals surface area contributed by atoms with Crippen LogP contribution in [0.3, 0.4) is 0 Å². The third-order valence-electron chi connectivity index (χ3n) is 10.9. The molecular formula is C42H85NO9S. The van der Waals surface area contributed by atoms with Gasteiger partial charge in [0.2, 0.25) is 10.4 Å². The van der Waals surface area contributed by atoms with E-state index in [9.17, 15) is 37.9 Å². The second-order valence-corrected chi connectivity index (χ2v) is 16.6. The fourth-order valence-electron chi connectivity index (χ4n) is 7.63. The average molecular weight is 780 g/mol. The molecule has 0 aliphatic rings. The van der Waals surface area contributed by atoms with E-state index < -0.39 is 52.8 Å². The Labute approximate surface area is 325 Å². The van der Waals surface area contributed by atoms with Crippen molar-refractivity contribution in [2.75, 3.05) is 6.61 Å². The van der Waals surface area contributed by atoms with Crippen molar-refractivity contribution in [2.45, 2.75) is 232 Å². The highest BCUT2D eigenvalue weighted by Gasteiger charge is 2.33. The summed E-state index contributed by atoms with van der Waals surface area (Å²) in [5.41, 5.74) is 0. The largest absolute Gasteiger partial charge is 0.726 e. The Balaban J connectivity index is 0. The standard InChI is InChI=1S/C42H82O9S.H3N/c1-3-5-7-9-11-13-15-17-19-21-23-25-27-29-31-37(41(44)45)35-39(40(33-34-43)51-52(48,49)50)36-38(42(46)47)32-30-28-26-24-22-20-18-16-14-12-10-8-6-4-2;/h37-40,43H,3-36H2,1-2H3,(H,44,45)(H,46,47)(H,48,49,50);1H3. The highest BCUT2D eigenvalue weighted by atomic mass is 32.3. The number of aliphatic hydroxyl groups is 1. The van der Waals surface area contributed by atoms with Gasteiger partial charge in [0, 0.05) is 6.61 Å². The quantitative estimate of drug-likeness (QED) is 0.0265. The highest BCUT2D eigenvalue weighted by Crippen LogP contribution is 2.33. The number of aliphatic hydroxyl groups excluding tert-OH is 1. The molecule has 0 amide bonds. The first-order valence-electron chi connectivity index (χ1n) is 21.8. The molecule has 0 aromatic rings. The Morgan fingerprint density at radius 3 is 1.00 bits per heavy atom. The molecule has 10 nitrogen and oxygen atoms in total. The fraction of sp³-hybridized carbons (Fsp3) is 0.952. The normalized spacial score (nSPS) is 14.0. The molecule has 318 valence electrons. The second kappa shape index (κ2) is 37.6. The van der Waals surface area contributed by atoms with Gasteiger partial charge < -0.3 is 26.0 Å². The molecule has 0 radical (unpaired) electrons. The zero-order chi connectivity index (χ0) is 38.7. The Morgan fingerprint density at radius 2 is 0.774 bits per heavy atom. The van der Waals surface area contributed by atoms with Crippen LogP contribution in [-0.2, 0) is 24.2 Å². The third kappa shape index (κ3) is 34.9. The van der Waals surface area contributed by atoms with Crippen molar-refractivity contribution in [3.05, 3.63) is 0 Å². The van der Waals surface area contributed by atoms with Gasteiger partial charge >= 0.3 is 11.9 Å². The molecule has 0 bridgehead atoms. The summed E-state index contributed by atoms with van der Waals surface area (Å²) in [5, 5.41) is 29.8. The third-order valence-corrected chi connectivity index (χ3v) is 11.3. The van der Waals surface area contributed by atoms with E-state index in [1.54, 1.807) is 0 Å². The van der Waals surface area contributed by atoms with E-state index >= 15 is 0 Å². The number of carboxylic acids is 2. The smallest absolute Gasteiger partial charge is 0.306 e. The molecule has 7 N–H and O–H groups in total. The Kier molecular flexibility index (Phi) is 38.2. The molecule has 11 heteroatoms. The summed E-state index contributed by atoms with van der Waals surface area (Å²) in [6.45, 7) is 4.01. The van der Waals surface area contributed by atoms with Crippen molar-refractivity contribution in [2.24, 2.45) is 17.8 Å². The van der Waals surface area contributed by atoms with E-state index in [2.05, 4.69) is 13.8 Å². The summed E-state index contributed by atoms with van der Waals surface area (Å²) in [5.74, 6) is -4.50. The second-order valence-electron chi connectivity index (χ2n) is 15.6. The summed E-state index contributed by atoms with van der Waals surface area (Å²) in [4.78, 5) is 24.6. The van der Waals surface area contributed by atoms with E-state index in [1.807, 2.05) is 0 Å². The van der Waals surface area contributed by atoms with Gasteiger partial charge in [0.25, 0.3) is 0 Å². The van der Waals surface area contributed by atoms with Crippen LogP contribution in [0, 0.1) is 17.8 Å². The molecular weight excluding hydrogens is 695 g/mol. The lowest BCUT2D eigenvalue weighted by Gasteiger charge is -2.31. The summed E-state index contributed by atoms with van der Waals surface area (Å²) < 4.78 is 39.6.